The number of ether oxygens (including phenoxy) is 1. The van der Waals surface area contributed by atoms with Crippen LogP contribution in [0, 0.1) is 19.7 Å². The molecule has 0 spiro atoms. The molecule has 0 aliphatic heterocycles. The Labute approximate surface area is 122 Å². The maximum Gasteiger partial charge on any atom is 0.246 e. The summed E-state index contributed by atoms with van der Waals surface area (Å²) >= 11 is 0. The highest BCUT2D eigenvalue weighted by molar-refractivity contribution is 7.89. The number of aromatic nitrogens is 1. The molecule has 0 aliphatic carbocycles. The van der Waals surface area contributed by atoms with Gasteiger partial charge < -0.3 is 9.26 Å². The second kappa shape index (κ2) is 6.23. The summed E-state index contributed by atoms with van der Waals surface area (Å²) in [5.41, 5.74) is 0.297. The van der Waals surface area contributed by atoms with Crippen LogP contribution in [0.2, 0.25) is 0 Å². The van der Waals surface area contributed by atoms with Crippen LogP contribution < -0.4 is 9.46 Å². The number of aryl methyl sites for hydroxylation is 2. The summed E-state index contributed by atoms with van der Waals surface area (Å²) in [5.74, 6) is 0.154. The van der Waals surface area contributed by atoms with Gasteiger partial charge in [0.25, 0.3) is 0 Å². The first-order chi connectivity index (χ1) is 9.90. The molecule has 0 saturated heterocycles. The minimum Gasteiger partial charge on any atom is -0.492 e. The van der Waals surface area contributed by atoms with Crippen LogP contribution in [0.3, 0.4) is 0 Å². The average molecular weight is 314 g/mol. The van der Waals surface area contributed by atoms with E-state index >= 15 is 0 Å². The molecule has 6 nitrogen and oxygen atoms in total. The fraction of sp³-hybridized carbons (Fsp3) is 0.308. The maximum atomic E-state index is 12.9. The summed E-state index contributed by atoms with van der Waals surface area (Å²) in [6.45, 7) is 3.20. The van der Waals surface area contributed by atoms with E-state index in [1.807, 2.05) is 0 Å². The summed E-state index contributed by atoms with van der Waals surface area (Å²) in [6, 6.07) is 5.63. The number of hydrogen-bond donors (Lipinski definition) is 1. The standard InChI is InChI=1S/C13H15FN2O4S/c1-9-13(10(2)20-16-9)21(17,18)15-6-7-19-12-5-3-4-11(14)8-12/h3-5,8,15H,6-7H2,1-2H3. The van der Waals surface area contributed by atoms with Crippen LogP contribution in [0.4, 0.5) is 4.39 Å². The predicted molar refractivity (Wildman–Crippen MR) is 73.1 cm³/mol. The van der Waals surface area contributed by atoms with E-state index in [-0.39, 0.29) is 23.8 Å². The lowest BCUT2D eigenvalue weighted by molar-refractivity contribution is 0.321. The second-order valence-electron chi connectivity index (χ2n) is 4.36. The lowest BCUT2D eigenvalue weighted by atomic mass is 10.3. The predicted octanol–water partition coefficient (Wildman–Crippen LogP) is 1.79. The monoisotopic (exact) mass is 314 g/mol. The molecular weight excluding hydrogens is 299 g/mol. The van der Waals surface area contributed by atoms with Crippen LogP contribution in [0.25, 0.3) is 0 Å². The molecule has 0 aliphatic rings. The van der Waals surface area contributed by atoms with Gasteiger partial charge in [-0.15, -0.1) is 0 Å². The van der Waals surface area contributed by atoms with E-state index in [0.29, 0.717) is 11.4 Å². The van der Waals surface area contributed by atoms with Gasteiger partial charge in [-0.05, 0) is 26.0 Å². The van der Waals surface area contributed by atoms with E-state index in [1.165, 1.54) is 25.1 Å². The minimum atomic E-state index is -3.70. The first-order valence-electron chi connectivity index (χ1n) is 6.21. The van der Waals surface area contributed by atoms with E-state index in [9.17, 15) is 12.8 Å². The van der Waals surface area contributed by atoms with E-state index in [4.69, 9.17) is 9.26 Å². The molecule has 0 radical (unpaired) electrons. The Morgan fingerprint density at radius 1 is 1.38 bits per heavy atom. The Kier molecular flexibility index (Phi) is 4.59. The molecule has 1 heterocycles. The molecule has 21 heavy (non-hydrogen) atoms. The van der Waals surface area contributed by atoms with Crippen molar-refractivity contribution in [2.45, 2.75) is 18.7 Å². The van der Waals surface area contributed by atoms with Crippen LogP contribution in [0.1, 0.15) is 11.5 Å². The van der Waals surface area contributed by atoms with Gasteiger partial charge in [0.05, 0.1) is 0 Å². The van der Waals surface area contributed by atoms with Crippen molar-refractivity contribution in [3.05, 3.63) is 41.5 Å². The van der Waals surface area contributed by atoms with Gasteiger partial charge in [-0.3, -0.25) is 0 Å². The lowest BCUT2D eigenvalue weighted by Gasteiger charge is -2.08. The Hall–Kier alpha value is -1.93. The van der Waals surface area contributed by atoms with Crippen molar-refractivity contribution >= 4 is 10.0 Å². The number of halogens is 1. The van der Waals surface area contributed by atoms with Gasteiger partial charge in [0, 0.05) is 12.6 Å². The van der Waals surface area contributed by atoms with E-state index in [2.05, 4.69) is 9.88 Å². The molecule has 1 N–H and O–H groups in total. The molecule has 0 amide bonds. The quantitative estimate of drug-likeness (QED) is 0.822. The van der Waals surface area contributed by atoms with Gasteiger partial charge in [-0.2, -0.15) is 0 Å². The third-order valence-corrected chi connectivity index (χ3v) is 4.40. The fourth-order valence-corrected chi connectivity index (χ4v) is 3.17. The van der Waals surface area contributed by atoms with Crippen molar-refractivity contribution < 1.29 is 22.1 Å². The summed E-state index contributed by atoms with van der Waals surface area (Å²) < 4.78 is 49.5. The number of hydrogen-bond acceptors (Lipinski definition) is 5. The highest BCUT2D eigenvalue weighted by Crippen LogP contribution is 2.18. The van der Waals surface area contributed by atoms with Gasteiger partial charge >= 0.3 is 0 Å². The van der Waals surface area contributed by atoms with Crippen molar-refractivity contribution in [2.24, 2.45) is 0 Å². The molecule has 0 bridgehead atoms. The molecular formula is C13H15FN2O4S. The maximum absolute atomic E-state index is 12.9. The van der Waals surface area contributed by atoms with Crippen molar-refractivity contribution in [1.29, 1.82) is 0 Å². The molecule has 0 unspecified atom stereocenters. The van der Waals surface area contributed by atoms with E-state index < -0.39 is 15.8 Å². The SMILES string of the molecule is Cc1noc(C)c1S(=O)(=O)NCCOc1cccc(F)c1. The van der Waals surface area contributed by atoms with E-state index in [1.54, 1.807) is 13.0 Å². The highest BCUT2D eigenvalue weighted by Gasteiger charge is 2.23. The fourth-order valence-electron chi connectivity index (χ4n) is 1.83. The summed E-state index contributed by atoms with van der Waals surface area (Å²) in [6.07, 6.45) is 0. The van der Waals surface area contributed by atoms with Crippen molar-refractivity contribution in [2.75, 3.05) is 13.2 Å². The van der Waals surface area contributed by atoms with Crippen molar-refractivity contribution in [1.82, 2.24) is 9.88 Å². The minimum absolute atomic E-state index is 0.0354. The Balaban J connectivity index is 1.91. The summed E-state index contributed by atoms with van der Waals surface area (Å²) in [4.78, 5) is 0.0354. The average Bonchev–Trinajstić information content (AvgIpc) is 2.75. The van der Waals surface area contributed by atoms with Crippen LogP contribution in [-0.4, -0.2) is 26.7 Å². The molecule has 0 fully saturated rings. The second-order valence-corrected chi connectivity index (χ2v) is 6.06. The Morgan fingerprint density at radius 2 is 2.14 bits per heavy atom. The van der Waals surface area contributed by atoms with Crippen LogP contribution >= 0.6 is 0 Å². The Bertz CT molecular complexity index is 708. The molecule has 0 saturated carbocycles. The van der Waals surface area contributed by atoms with Crippen molar-refractivity contribution in [3.63, 3.8) is 0 Å². The zero-order chi connectivity index (χ0) is 15.5. The van der Waals surface area contributed by atoms with Gasteiger partial charge in [-0.25, -0.2) is 17.5 Å². The third-order valence-electron chi connectivity index (χ3n) is 2.70. The summed E-state index contributed by atoms with van der Waals surface area (Å²) in [7, 11) is -3.70. The first kappa shape index (κ1) is 15.5. The van der Waals surface area contributed by atoms with Crippen LogP contribution in [0.15, 0.2) is 33.7 Å². The van der Waals surface area contributed by atoms with Crippen LogP contribution in [0.5, 0.6) is 5.75 Å². The normalized spacial score (nSPS) is 11.6. The lowest BCUT2D eigenvalue weighted by Crippen LogP contribution is -2.29. The topological polar surface area (TPSA) is 81.4 Å². The molecule has 0 atom stereocenters. The van der Waals surface area contributed by atoms with E-state index in [0.717, 1.165) is 0 Å². The molecule has 114 valence electrons. The molecule has 8 heteroatoms. The van der Waals surface area contributed by atoms with Gasteiger partial charge in [0.2, 0.25) is 10.0 Å². The largest absolute Gasteiger partial charge is 0.492 e. The summed E-state index contributed by atoms with van der Waals surface area (Å²) in [5, 5.41) is 3.60. The number of benzene rings is 1. The number of nitrogens with one attached hydrogen (secondary N) is 1. The third kappa shape index (κ3) is 3.79. The van der Waals surface area contributed by atoms with Gasteiger partial charge in [0.1, 0.15) is 28.8 Å². The number of nitrogens with zero attached hydrogens (tertiary/aromatic N) is 1. The van der Waals surface area contributed by atoms with Crippen LogP contribution in [-0.2, 0) is 10.0 Å². The molecule has 2 aromatic rings. The number of rotatable bonds is 6. The van der Waals surface area contributed by atoms with Crippen molar-refractivity contribution in [3.8, 4) is 5.75 Å². The first-order valence-corrected chi connectivity index (χ1v) is 7.69. The molecule has 2 rings (SSSR count). The zero-order valence-electron chi connectivity index (χ0n) is 11.6. The molecule has 1 aromatic carbocycles. The highest BCUT2D eigenvalue weighted by atomic mass is 32.2. The van der Waals surface area contributed by atoms with Gasteiger partial charge in [-0.1, -0.05) is 11.2 Å². The Morgan fingerprint density at radius 3 is 2.76 bits per heavy atom. The van der Waals surface area contributed by atoms with Gasteiger partial charge in [0.15, 0.2) is 5.76 Å². The smallest absolute Gasteiger partial charge is 0.246 e. The molecule has 1 aromatic heterocycles. The number of sulfonamides is 1. The zero-order valence-corrected chi connectivity index (χ0v) is 12.4.